The summed E-state index contributed by atoms with van der Waals surface area (Å²) in [5.74, 6) is 0. The number of pyridine rings is 3. The number of rotatable bonds is 5. The highest BCUT2D eigenvalue weighted by atomic mass is 15.0. The molecule has 0 aliphatic carbocycles. The fraction of sp³-hybridized carbons (Fsp3) is 0. The third kappa shape index (κ3) is 4.55. The largest absolute Gasteiger partial charge is 0.308 e. The zero-order valence-corrected chi connectivity index (χ0v) is 23.3. The molecule has 0 spiro atoms. The van der Waals surface area contributed by atoms with Crippen molar-refractivity contribution in [2.45, 2.75) is 0 Å². The SMILES string of the molecule is c1ccc(-c2cc(-c3ccc(-c4ccc(-n5c6ccccc6c6ccncc65)cc4)cc3)cc(-c3ccccn3)n2)cc1. The third-order valence-electron chi connectivity index (χ3n) is 7.98. The van der Waals surface area contributed by atoms with E-state index in [0.717, 1.165) is 45.0 Å². The van der Waals surface area contributed by atoms with Gasteiger partial charge in [-0.2, -0.15) is 0 Å². The average molecular weight is 551 g/mol. The molecule has 0 aliphatic rings. The monoisotopic (exact) mass is 550 g/mol. The Balaban J connectivity index is 1.15. The van der Waals surface area contributed by atoms with Gasteiger partial charge in [0.25, 0.3) is 0 Å². The normalized spacial score (nSPS) is 11.3. The van der Waals surface area contributed by atoms with Crippen molar-refractivity contribution >= 4 is 21.8 Å². The quantitative estimate of drug-likeness (QED) is 0.214. The highest BCUT2D eigenvalue weighted by Crippen LogP contribution is 2.34. The third-order valence-corrected chi connectivity index (χ3v) is 7.98. The Morgan fingerprint density at radius 3 is 1.84 bits per heavy atom. The van der Waals surface area contributed by atoms with Crippen LogP contribution >= 0.6 is 0 Å². The summed E-state index contributed by atoms with van der Waals surface area (Å²) < 4.78 is 2.29. The van der Waals surface area contributed by atoms with Gasteiger partial charge in [0, 0.05) is 34.4 Å². The summed E-state index contributed by atoms with van der Waals surface area (Å²) >= 11 is 0. The highest BCUT2D eigenvalue weighted by molar-refractivity contribution is 6.08. The van der Waals surface area contributed by atoms with Gasteiger partial charge in [0.2, 0.25) is 0 Å². The number of hydrogen-bond acceptors (Lipinski definition) is 3. The maximum Gasteiger partial charge on any atom is 0.0899 e. The molecule has 0 saturated heterocycles. The average Bonchev–Trinajstić information content (AvgIpc) is 3.43. The molecule has 4 aromatic carbocycles. The van der Waals surface area contributed by atoms with Crippen LogP contribution in [0.4, 0.5) is 0 Å². The minimum absolute atomic E-state index is 0.858. The van der Waals surface area contributed by atoms with Gasteiger partial charge in [-0.3, -0.25) is 9.97 Å². The van der Waals surface area contributed by atoms with E-state index >= 15 is 0 Å². The van der Waals surface area contributed by atoms with E-state index < -0.39 is 0 Å². The molecule has 4 aromatic heterocycles. The lowest BCUT2D eigenvalue weighted by atomic mass is 9.98. The molecule has 8 rings (SSSR count). The Labute approximate surface area is 249 Å². The van der Waals surface area contributed by atoms with Crippen LogP contribution < -0.4 is 0 Å². The summed E-state index contributed by atoms with van der Waals surface area (Å²) in [4.78, 5) is 13.9. The van der Waals surface area contributed by atoms with Gasteiger partial charge in [0.1, 0.15) is 0 Å². The van der Waals surface area contributed by atoms with Gasteiger partial charge in [0.05, 0.1) is 34.3 Å². The first-order chi connectivity index (χ1) is 21.3. The van der Waals surface area contributed by atoms with Crippen molar-refractivity contribution in [3.63, 3.8) is 0 Å². The van der Waals surface area contributed by atoms with E-state index in [1.54, 1.807) is 0 Å². The summed E-state index contributed by atoms with van der Waals surface area (Å²) in [7, 11) is 0. The number of fused-ring (bicyclic) bond motifs is 3. The topological polar surface area (TPSA) is 43.6 Å². The number of para-hydroxylation sites is 1. The summed E-state index contributed by atoms with van der Waals surface area (Å²) in [6, 6.07) is 48.7. The maximum atomic E-state index is 4.96. The van der Waals surface area contributed by atoms with Crippen molar-refractivity contribution in [3.05, 3.63) is 158 Å². The van der Waals surface area contributed by atoms with E-state index in [1.807, 2.05) is 55.0 Å². The summed E-state index contributed by atoms with van der Waals surface area (Å²) in [6.07, 6.45) is 5.62. The molecule has 0 atom stereocenters. The minimum atomic E-state index is 0.858. The molecule has 4 heteroatoms. The number of aromatic nitrogens is 4. The van der Waals surface area contributed by atoms with E-state index in [4.69, 9.17) is 4.98 Å². The predicted octanol–water partition coefficient (Wildman–Crippen LogP) is 9.64. The van der Waals surface area contributed by atoms with E-state index in [0.29, 0.717) is 0 Å². The summed E-state index contributed by atoms with van der Waals surface area (Å²) in [5, 5.41) is 2.44. The van der Waals surface area contributed by atoms with Crippen molar-refractivity contribution in [1.82, 2.24) is 19.5 Å². The molecule has 0 amide bonds. The van der Waals surface area contributed by atoms with Crippen LogP contribution in [0.3, 0.4) is 0 Å². The van der Waals surface area contributed by atoms with Crippen molar-refractivity contribution < 1.29 is 0 Å². The van der Waals surface area contributed by atoms with Crippen molar-refractivity contribution in [3.8, 4) is 50.6 Å². The van der Waals surface area contributed by atoms with Crippen LogP contribution in [0.25, 0.3) is 72.4 Å². The van der Waals surface area contributed by atoms with Crippen LogP contribution in [0.5, 0.6) is 0 Å². The molecule has 0 saturated carbocycles. The second-order valence-corrected chi connectivity index (χ2v) is 10.6. The Kier molecular flexibility index (Phi) is 6.08. The molecule has 0 radical (unpaired) electrons. The lowest BCUT2D eigenvalue weighted by Gasteiger charge is -2.11. The van der Waals surface area contributed by atoms with Crippen LogP contribution in [-0.4, -0.2) is 19.5 Å². The molecule has 0 fully saturated rings. The number of benzene rings is 4. The summed E-state index contributed by atoms with van der Waals surface area (Å²) in [6.45, 7) is 0. The van der Waals surface area contributed by atoms with Gasteiger partial charge in [-0.1, -0.05) is 91.0 Å². The molecule has 0 unspecified atom stereocenters. The predicted molar refractivity (Wildman–Crippen MR) is 176 cm³/mol. The zero-order valence-electron chi connectivity index (χ0n) is 23.3. The van der Waals surface area contributed by atoms with Crippen LogP contribution in [0, 0.1) is 0 Å². The molecule has 202 valence electrons. The zero-order chi connectivity index (χ0) is 28.6. The van der Waals surface area contributed by atoms with Crippen LogP contribution in [0.1, 0.15) is 0 Å². The van der Waals surface area contributed by atoms with Crippen molar-refractivity contribution in [1.29, 1.82) is 0 Å². The standard InChI is InChI=1S/C39H26N4/c1-2-8-30(9-3-1)36-24-31(25-37(42-36)35-11-6-7-22-41-35)29-15-13-27(14-16-29)28-17-19-32(20-18-28)43-38-12-5-4-10-33(38)34-21-23-40-26-39(34)43/h1-26H. The Bertz CT molecular complexity index is 2090. The first-order valence-electron chi connectivity index (χ1n) is 14.4. The number of nitrogens with zero attached hydrogens (tertiary/aromatic N) is 4. The Hall–Kier alpha value is -5.87. The first-order valence-corrected chi connectivity index (χ1v) is 14.4. The van der Waals surface area contributed by atoms with Crippen LogP contribution in [-0.2, 0) is 0 Å². The first kappa shape index (κ1) is 24.9. The smallest absolute Gasteiger partial charge is 0.0899 e. The minimum Gasteiger partial charge on any atom is -0.308 e. The van der Waals surface area contributed by atoms with E-state index in [1.165, 1.54) is 27.4 Å². The van der Waals surface area contributed by atoms with Crippen LogP contribution in [0.2, 0.25) is 0 Å². The van der Waals surface area contributed by atoms with Crippen LogP contribution in [0.15, 0.2) is 158 Å². The van der Waals surface area contributed by atoms with E-state index in [-0.39, 0.29) is 0 Å². The molecular weight excluding hydrogens is 524 g/mol. The number of hydrogen-bond donors (Lipinski definition) is 0. The van der Waals surface area contributed by atoms with E-state index in [9.17, 15) is 0 Å². The second-order valence-electron chi connectivity index (χ2n) is 10.6. The Morgan fingerprint density at radius 2 is 1.07 bits per heavy atom. The van der Waals surface area contributed by atoms with E-state index in [2.05, 4.69) is 118 Å². The van der Waals surface area contributed by atoms with Gasteiger partial charge < -0.3 is 4.57 Å². The van der Waals surface area contributed by atoms with Gasteiger partial charge in [-0.15, -0.1) is 0 Å². The fourth-order valence-electron chi connectivity index (χ4n) is 5.85. The Morgan fingerprint density at radius 1 is 0.419 bits per heavy atom. The molecule has 0 aliphatic heterocycles. The van der Waals surface area contributed by atoms with Crippen molar-refractivity contribution in [2.24, 2.45) is 0 Å². The highest BCUT2D eigenvalue weighted by Gasteiger charge is 2.13. The molecular formula is C39H26N4. The molecule has 4 nitrogen and oxygen atoms in total. The lowest BCUT2D eigenvalue weighted by molar-refractivity contribution is 1.17. The molecule has 0 N–H and O–H groups in total. The molecule has 4 heterocycles. The van der Waals surface area contributed by atoms with Gasteiger partial charge in [0.15, 0.2) is 0 Å². The lowest BCUT2D eigenvalue weighted by Crippen LogP contribution is -1.94. The second kappa shape index (κ2) is 10.5. The molecule has 0 bridgehead atoms. The van der Waals surface area contributed by atoms with Gasteiger partial charge in [-0.05, 0) is 70.8 Å². The molecule has 43 heavy (non-hydrogen) atoms. The van der Waals surface area contributed by atoms with Gasteiger partial charge in [-0.25, -0.2) is 4.98 Å². The molecule has 8 aromatic rings. The summed E-state index contributed by atoms with van der Waals surface area (Å²) in [5.41, 5.74) is 11.7. The van der Waals surface area contributed by atoms with Gasteiger partial charge >= 0.3 is 0 Å². The maximum absolute atomic E-state index is 4.96. The van der Waals surface area contributed by atoms with Crippen molar-refractivity contribution in [2.75, 3.05) is 0 Å². The fourth-order valence-corrected chi connectivity index (χ4v) is 5.85.